The summed E-state index contributed by atoms with van der Waals surface area (Å²) in [5, 5.41) is 6.29. The molecule has 0 aliphatic heterocycles. The van der Waals surface area contributed by atoms with E-state index in [2.05, 4.69) is 22.5 Å². The molecule has 1 atom stereocenters. The third-order valence-electron chi connectivity index (χ3n) is 5.41. The minimum absolute atomic E-state index is 0.0148. The van der Waals surface area contributed by atoms with Gasteiger partial charge in [0.15, 0.2) is 5.82 Å². The topological polar surface area (TPSA) is 76.0 Å². The summed E-state index contributed by atoms with van der Waals surface area (Å²) in [4.78, 5) is 30.0. The second-order valence-corrected chi connectivity index (χ2v) is 7.72. The van der Waals surface area contributed by atoms with Gasteiger partial charge in [-0.25, -0.2) is 4.98 Å². The normalized spacial score (nSPS) is 14.2. The van der Waals surface area contributed by atoms with Gasteiger partial charge in [0, 0.05) is 24.0 Å². The molecule has 1 aromatic heterocycles. The van der Waals surface area contributed by atoms with Gasteiger partial charge in [-0.15, -0.1) is 0 Å². The number of aryl methyl sites for hydroxylation is 1. The van der Waals surface area contributed by atoms with Gasteiger partial charge in [-0.2, -0.15) is 0 Å². The third kappa shape index (κ3) is 4.27. The summed E-state index contributed by atoms with van der Waals surface area (Å²) in [5.41, 5.74) is 3.01. The van der Waals surface area contributed by atoms with Crippen LogP contribution in [0.25, 0.3) is 5.69 Å². The average molecular weight is 402 g/mol. The lowest BCUT2D eigenvalue weighted by atomic mass is 10.0. The van der Waals surface area contributed by atoms with E-state index in [-0.39, 0.29) is 23.6 Å². The minimum atomic E-state index is -0.241. The van der Waals surface area contributed by atoms with Crippen molar-refractivity contribution >= 4 is 11.7 Å². The fraction of sp³-hybridized carbons (Fsp3) is 0.292. The van der Waals surface area contributed by atoms with E-state index >= 15 is 0 Å². The molecule has 1 fully saturated rings. The molecule has 1 saturated carbocycles. The number of nitrogens with one attached hydrogen (secondary N) is 2. The molecule has 4 rings (SSSR count). The number of hydrogen-bond acceptors (Lipinski definition) is 4. The molecule has 6 heteroatoms. The predicted octanol–water partition coefficient (Wildman–Crippen LogP) is 4.00. The number of carbonyl (C=O) groups is 1. The largest absolute Gasteiger partial charge is 0.359 e. The van der Waals surface area contributed by atoms with Crippen molar-refractivity contribution in [3.05, 3.63) is 88.0 Å². The molecular weight excluding hydrogens is 376 g/mol. The molecule has 30 heavy (non-hydrogen) atoms. The molecule has 0 saturated heterocycles. The van der Waals surface area contributed by atoms with Gasteiger partial charge < -0.3 is 10.6 Å². The van der Waals surface area contributed by atoms with Crippen molar-refractivity contribution < 1.29 is 4.79 Å². The summed E-state index contributed by atoms with van der Waals surface area (Å²) in [5.74, 6) is 0.190. The number of nitrogens with zero attached hydrogens (tertiary/aromatic N) is 2. The lowest BCUT2D eigenvalue weighted by Crippen LogP contribution is -2.27. The second kappa shape index (κ2) is 8.53. The van der Waals surface area contributed by atoms with E-state index in [1.165, 1.54) is 0 Å². The van der Waals surface area contributed by atoms with Gasteiger partial charge in [-0.3, -0.25) is 14.2 Å². The fourth-order valence-corrected chi connectivity index (χ4v) is 3.48. The van der Waals surface area contributed by atoms with Crippen LogP contribution in [0.2, 0.25) is 0 Å². The Morgan fingerprint density at radius 2 is 1.97 bits per heavy atom. The smallest absolute Gasteiger partial charge is 0.297 e. The van der Waals surface area contributed by atoms with Crippen LogP contribution >= 0.6 is 0 Å². The van der Waals surface area contributed by atoms with Crippen molar-refractivity contribution in [2.75, 3.05) is 5.32 Å². The van der Waals surface area contributed by atoms with Crippen LogP contribution < -0.4 is 16.2 Å². The van der Waals surface area contributed by atoms with Gasteiger partial charge in [0.05, 0.1) is 11.7 Å². The van der Waals surface area contributed by atoms with E-state index in [0.717, 1.165) is 30.4 Å². The van der Waals surface area contributed by atoms with E-state index in [1.54, 1.807) is 29.1 Å². The number of hydrogen-bond donors (Lipinski definition) is 2. The lowest BCUT2D eigenvalue weighted by Gasteiger charge is -2.18. The molecule has 2 N–H and O–H groups in total. The standard InChI is InChI=1S/C24H26N4O2/c1-3-20(17-7-5-4-6-8-17)27-22-24(30)28(14-13-25-22)21-15-18(10-9-16(21)2)23(29)26-19-11-12-19/h4-10,13-15,19-20H,3,11-12H2,1-2H3,(H,25,27)(H,26,29). The fourth-order valence-electron chi connectivity index (χ4n) is 3.48. The average Bonchev–Trinajstić information content (AvgIpc) is 3.58. The van der Waals surface area contributed by atoms with Crippen molar-refractivity contribution in [3.8, 4) is 5.69 Å². The van der Waals surface area contributed by atoms with Gasteiger partial charge in [0.25, 0.3) is 11.5 Å². The van der Waals surface area contributed by atoms with E-state index in [4.69, 9.17) is 0 Å². The molecular formula is C24H26N4O2. The van der Waals surface area contributed by atoms with E-state index in [0.29, 0.717) is 17.1 Å². The molecule has 1 unspecified atom stereocenters. The summed E-state index contributed by atoms with van der Waals surface area (Å²) >= 11 is 0. The van der Waals surface area contributed by atoms with E-state index < -0.39 is 0 Å². The first-order valence-electron chi connectivity index (χ1n) is 10.4. The molecule has 6 nitrogen and oxygen atoms in total. The maximum atomic E-state index is 13.2. The number of aromatic nitrogens is 2. The van der Waals surface area contributed by atoms with Crippen molar-refractivity contribution in [2.45, 2.75) is 45.2 Å². The first-order valence-corrected chi connectivity index (χ1v) is 10.4. The molecule has 2 aromatic carbocycles. The van der Waals surface area contributed by atoms with Gasteiger partial charge in [0.2, 0.25) is 0 Å². The van der Waals surface area contributed by atoms with Crippen LogP contribution in [0.5, 0.6) is 0 Å². The maximum absolute atomic E-state index is 13.2. The summed E-state index contributed by atoms with van der Waals surface area (Å²) in [6, 6.07) is 15.7. The van der Waals surface area contributed by atoms with Crippen LogP contribution in [0.1, 0.15) is 53.7 Å². The quantitative estimate of drug-likeness (QED) is 0.626. The molecule has 1 aliphatic carbocycles. The summed E-state index contributed by atoms with van der Waals surface area (Å²) in [6.45, 7) is 3.99. The predicted molar refractivity (Wildman–Crippen MR) is 118 cm³/mol. The zero-order valence-corrected chi connectivity index (χ0v) is 17.3. The first kappa shape index (κ1) is 19.9. The van der Waals surface area contributed by atoms with Crippen LogP contribution in [-0.2, 0) is 0 Å². The zero-order chi connectivity index (χ0) is 21.1. The van der Waals surface area contributed by atoms with Gasteiger partial charge in [0.1, 0.15) is 0 Å². The molecule has 1 aliphatic rings. The highest BCUT2D eigenvalue weighted by Crippen LogP contribution is 2.22. The highest BCUT2D eigenvalue weighted by Gasteiger charge is 2.24. The van der Waals surface area contributed by atoms with Crippen LogP contribution in [0, 0.1) is 6.92 Å². The van der Waals surface area contributed by atoms with E-state index in [1.807, 2.05) is 43.3 Å². The molecule has 1 heterocycles. The SMILES string of the molecule is CCC(Nc1nccn(-c2cc(C(=O)NC3CC3)ccc2C)c1=O)c1ccccc1. The monoisotopic (exact) mass is 402 g/mol. The second-order valence-electron chi connectivity index (χ2n) is 7.72. The molecule has 0 radical (unpaired) electrons. The van der Waals surface area contributed by atoms with Crippen LogP contribution in [0.4, 0.5) is 5.82 Å². The van der Waals surface area contributed by atoms with Crippen LogP contribution in [0.15, 0.2) is 65.7 Å². The number of rotatable bonds is 7. The highest BCUT2D eigenvalue weighted by atomic mass is 16.2. The molecule has 154 valence electrons. The third-order valence-corrected chi connectivity index (χ3v) is 5.41. The Morgan fingerprint density at radius 3 is 2.67 bits per heavy atom. The first-order chi connectivity index (χ1) is 14.6. The van der Waals surface area contributed by atoms with Gasteiger partial charge >= 0.3 is 0 Å². The van der Waals surface area contributed by atoms with Crippen molar-refractivity contribution in [1.82, 2.24) is 14.9 Å². The van der Waals surface area contributed by atoms with Crippen molar-refractivity contribution in [3.63, 3.8) is 0 Å². The van der Waals surface area contributed by atoms with Gasteiger partial charge in [-0.05, 0) is 49.4 Å². The highest BCUT2D eigenvalue weighted by molar-refractivity contribution is 5.95. The number of carbonyl (C=O) groups excluding carboxylic acids is 1. The van der Waals surface area contributed by atoms with Crippen molar-refractivity contribution in [1.29, 1.82) is 0 Å². The Kier molecular flexibility index (Phi) is 5.65. The van der Waals surface area contributed by atoms with E-state index in [9.17, 15) is 9.59 Å². The van der Waals surface area contributed by atoms with Crippen molar-refractivity contribution in [2.24, 2.45) is 0 Å². The Bertz CT molecular complexity index is 1100. The Hall–Kier alpha value is -3.41. The Labute approximate surface area is 176 Å². The van der Waals surface area contributed by atoms with Crippen LogP contribution in [-0.4, -0.2) is 21.5 Å². The van der Waals surface area contributed by atoms with Gasteiger partial charge in [-0.1, -0.05) is 43.3 Å². The molecule has 0 bridgehead atoms. The Balaban J connectivity index is 1.66. The Morgan fingerprint density at radius 1 is 1.20 bits per heavy atom. The molecule has 0 spiro atoms. The summed E-state index contributed by atoms with van der Waals surface area (Å²) < 4.78 is 1.55. The molecule has 3 aromatic rings. The number of amides is 1. The number of anilines is 1. The maximum Gasteiger partial charge on any atom is 0.297 e. The zero-order valence-electron chi connectivity index (χ0n) is 17.3. The summed E-state index contributed by atoms with van der Waals surface area (Å²) in [6.07, 6.45) is 6.13. The summed E-state index contributed by atoms with van der Waals surface area (Å²) in [7, 11) is 0. The molecule has 1 amide bonds. The van der Waals surface area contributed by atoms with Crippen LogP contribution in [0.3, 0.4) is 0 Å². The lowest BCUT2D eigenvalue weighted by molar-refractivity contribution is 0.0951. The minimum Gasteiger partial charge on any atom is -0.359 e. The number of benzene rings is 2.